The molecule has 13 nitrogen and oxygen atoms in total. The first kappa shape index (κ1) is 20.1. The van der Waals surface area contributed by atoms with Crippen LogP contribution in [0.1, 0.15) is 34.2 Å². The van der Waals surface area contributed by atoms with Gasteiger partial charge in [-0.05, 0) is 0 Å². The average Bonchev–Trinajstić information content (AvgIpc) is 3.39. The van der Waals surface area contributed by atoms with E-state index in [1.165, 1.54) is 39.7 Å². The third-order valence-corrected chi connectivity index (χ3v) is 4.45. The van der Waals surface area contributed by atoms with Crippen molar-refractivity contribution in [3.63, 3.8) is 0 Å². The second-order valence-corrected chi connectivity index (χ2v) is 6.01. The molecule has 0 aliphatic heterocycles. The van der Waals surface area contributed by atoms with E-state index in [0.717, 1.165) is 0 Å². The molecule has 3 rings (SSSR count). The molecule has 3 aromatic rings. The van der Waals surface area contributed by atoms with Gasteiger partial charge in [0.1, 0.15) is 36.4 Å². The Morgan fingerprint density at radius 3 is 0.935 bits per heavy atom. The molecule has 3 aromatic heterocycles. The van der Waals surface area contributed by atoms with Crippen LogP contribution in [0.25, 0.3) is 0 Å². The second kappa shape index (κ2) is 7.41. The fraction of sp³-hybridized carbons (Fsp3) is 0.167. The van der Waals surface area contributed by atoms with Gasteiger partial charge in [-0.1, -0.05) is 0 Å². The van der Waals surface area contributed by atoms with Crippen molar-refractivity contribution in [1.29, 1.82) is 31.6 Å². The van der Waals surface area contributed by atoms with Crippen LogP contribution in [0.5, 0.6) is 0 Å². The van der Waals surface area contributed by atoms with Crippen LogP contribution in [-0.4, -0.2) is 28.7 Å². The molecule has 0 amide bonds. The van der Waals surface area contributed by atoms with E-state index in [9.17, 15) is 31.6 Å². The van der Waals surface area contributed by atoms with Gasteiger partial charge in [0.2, 0.25) is 17.8 Å². The number of anilines is 3. The van der Waals surface area contributed by atoms with Gasteiger partial charge in [0.15, 0.2) is 34.2 Å². The summed E-state index contributed by atoms with van der Waals surface area (Å²) in [5, 5.41) is 56.4. The molecule has 0 aromatic carbocycles. The van der Waals surface area contributed by atoms with Crippen LogP contribution < -0.4 is 4.90 Å². The minimum Gasteiger partial charge on any atom is -0.303 e. The average molecular weight is 407 g/mol. The van der Waals surface area contributed by atoms with E-state index >= 15 is 0 Å². The fourth-order valence-corrected chi connectivity index (χ4v) is 2.95. The van der Waals surface area contributed by atoms with Crippen molar-refractivity contribution in [1.82, 2.24) is 28.7 Å². The van der Waals surface area contributed by atoms with E-state index in [-0.39, 0.29) is 52.0 Å². The van der Waals surface area contributed by atoms with Crippen molar-refractivity contribution in [2.75, 3.05) is 4.90 Å². The molecule has 0 atom stereocenters. The lowest BCUT2D eigenvalue weighted by Crippen LogP contribution is -2.22. The zero-order chi connectivity index (χ0) is 22.9. The molecule has 0 unspecified atom stereocenters. The first-order valence-electron chi connectivity index (χ1n) is 8.29. The monoisotopic (exact) mass is 407 g/mol. The van der Waals surface area contributed by atoms with Gasteiger partial charge in [-0.2, -0.15) is 46.5 Å². The summed E-state index contributed by atoms with van der Waals surface area (Å²) in [5.74, 6) is -0.00761. The van der Waals surface area contributed by atoms with Crippen LogP contribution in [0.4, 0.5) is 17.8 Å². The molecule has 0 saturated heterocycles. The van der Waals surface area contributed by atoms with Gasteiger partial charge in [0.05, 0.1) is 0 Å². The van der Waals surface area contributed by atoms with Crippen LogP contribution in [0, 0.1) is 68.0 Å². The molecule has 0 fully saturated rings. The van der Waals surface area contributed by atoms with Crippen LogP contribution in [0.3, 0.4) is 0 Å². The van der Waals surface area contributed by atoms with Gasteiger partial charge >= 0.3 is 0 Å². The molecule has 31 heavy (non-hydrogen) atoms. The predicted molar refractivity (Wildman–Crippen MR) is 99.7 cm³/mol. The number of nitrogens with zero attached hydrogens (tertiary/aromatic N) is 13. The first-order valence-corrected chi connectivity index (χ1v) is 8.29. The molecule has 13 heteroatoms. The third-order valence-electron chi connectivity index (χ3n) is 4.45. The summed E-state index contributed by atoms with van der Waals surface area (Å²) < 4.78 is 3.91. The Kier molecular flexibility index (Phi) is 4.81. The van der Waals surface area contributed by atoms with Crippen molar-refractivity contribution in [2.45, 2.75) is 0 Å². The molecular weight excluding hydrogens is 398 g/mol. The van der Waals surface area contributed by atoms with E-state index in [4.69, 9.17) is 0 Å². The van der Waals surface area contributed by atoms with Crippen molar-refractivity contribution in [3.05, 3.63) is 34.2 Å². The van der Waals surface area contributed by atoms with Gasteiger partial charge in [-0.3, -0.25) is 0 Å². The van der Waals surface area contributed by atoms with Crippen molar-refractivity contribution < 1.29 is 0 Å². The lowest BCUT2D eigenvalue weighted by atomic mass is 10.4. The summed E-state index contributed by atoms with van der Waals surface area (Å²) in [5.41, 5.74) is -0.657. The number of hydrogen-bond donors (Lipinski definition) is 0. The second-order valence-electron chi connectivity index (χ2n) is 6.01. The number of rotatable bonds is 3. The standard InChI is InChI=1S/C18H9N13/c1-28-13(7-22)10(4-19)25-16(28)31(17-26-11(5-20)14(8-23)29(17)2)18-27-12(6-21)15(9-24)30(18)3/h1-3H3. The highest BCUT2D eigenvalue weighted by Crippen LogP contribution is 2.34. The number of imidazole rings is 3. The van der Waals surface area contributed by atoms with E-state index in [1.54, 1.807) is 0 Å². The van der Waals surface area contributed by atoms with Crippen LogP contribution in [0.15, 0.2) is 0 Å². The maximum absolute atomic E-state index is 9.43. The summed E-state index contributed by atoms with van der Waals surface area (Å²) in [6.45, 7) is 0. The first-order chi connectivity index (χ1) is 14.9. The van der Waals surface area contributed by atoms with E-state index in [2.05, 4.69) is 15.0 Å². The smallest absolute Gasteiger partial charge is 0.221 e. The van der Waals surface area contributed by atoms with Gasteiger partial charge in [-0.15, -0.1) is 0 Å². The van der Waals surface area contributed by atoms with Crippen molar-refractivity contribution in [2.24, 2.45) is 21.1 Å². The molecule has 3 heterocycles. The van der Waals surface area contributed by atoms with Crippen molar-refractivity contribution >= 4 is 17.8 Å². The molecule has 0 radical (unpaired) electrons. The van der Waals surface area contributed by atoms with Gasteiger partial charge < -0.3 is 13.7 Å². The Bertz CT molecular complexity index is 1300. The molecule has 0 aliphatic carbocycles. The Morgan fingerprint density at radius 2 is 0.774 bits per heavy atom. The molecule has 0 bridgehead atoms. The molecule has 0 spiro atoms. The summed E-state index contributed by atoms with van der Waals surface area (Å²) in [6.07, 6.45) is 0. The van der Waals surface area contributed by atoms with Gasteiger partial charge in [0.25, 0.3) is 0 Å². The van der Waals surface area contributed by atoms with E-state index < -0.39 is 0 Å². The fourth-order valence-electron chi connectivity index (χ4n) is 2.95. The lowest BCUT2D eigenvalue weighted by molar-refractivity contribution is 0.795. The summed E-state index contributed by atoms with van der Waals surface area (Å²) in [4.78, 5) is 13.8. The number of aromatic nitrogens is 6. The Balaban J connectivity index is 2.47. The summed E-state index contributed by atoms with van der Waals surface area (Å²) in [6, 6.07) is 11.1. The number of nitriles is 6. The predicted octanol–water partition coefficient (Wildman–Crippen LogP) is 0.587. The van der Waals surface area contributed by atoms with E-state index in [1.807, 2.05) is 36.4 Å². The Hall–Kier alpha value is -5.63. The third kappa shape index (κ3) is 2.77. The van der Waals surface area contributed by atoms with Crippen LogP contribution >= 0.6 is 0 Å². The highest BCUT2D eigenvalue weighted by atomic mass is 15.5. The molecule has 0 saturated carbocycles. The highest BCUT2D eigenvalue weighted by molar-refractivity contribution is 5.68. The zero-order valence-electron chi connectivity index (χ0n) is 16.3. The molecule has 146 valence electrons. The minimum atomic E-state index is -0.171. The topological polar surface area (TPSA) is 199 Å². The van der Waals surface area contributed by atoms with E-state index in [0.29, 0.717) is 0 Å². The van der Waals surface area contributed by atoms with Crippen LogP contribution in [0.2, 0.25) is 0 Å². The summed E-state index contributed by atoms with van der Waals surface area (Å²) in [7, 11) is 4.44. The van der Waals surface area contributed by atoms with Crippen molar-refractivity contribution in [3.8, 4) is 36.4 Å². The van der Waals surface area contributed by atoms with Gasteiger partial charge in [0, 0.05) is 21.1 Å². The molecule has 0 aliphatic rings. The molecular formula is C18H9N13. The SMILES string of the molecule is Cn1c(N(c2nc(C#N)c(C#N)n2C)c2nc(C#N)c(C#N)n2C)nc(C#N)c1C#N. The minimum absolute atomic E-state index is 0.00254. The molecule has 0 N–H and O–H groups in total. The number of hydrogen-bond acceptors (Lipinski definition) is 10. The maximum atomic E-state index is 9.43. The lowest BCUT2D eigenvalue weighted by Gasteiger charge is -2.21. The quantitative estimate of drug-likeness (QED) is 0.591. The van der Waals surface area contributed by atoms with Crippen LogP contribution in [-0.2, 0) is 21.1 Å². The zero-order valence-corrected chi connectivity index (χ0v) is 16.3. The van der Waals surface area contributed by atoms with Gasteiger partial charge in [-0.25, -0.2) is 4.90 Å². The maximum Gasteiger partial charge on any atom is 0.221 e. The largest absolute Gasteiger partial charge is 0.303 e. The Labute approximate surface area is 175 Å². The highest BCUT2D eigenvalue weighted by Gasteiger charge is 2.32. The normalized spacial score (nSPS) is 9.58. The summed E-state index contributed by atoms with van der Waals surface area (Å²) >= 11 is 0. The Morgan fingerprint density at radius 1 is 0.516 bits per heavy atom.